The molecule has 4 rings (SSSR count). The van der Waals surface area contributed by atoms with Crippen molar-refractivity contribution in [2.24, 2.45) is 5.92 Å². The molecule has 0 aliphatic carbocycles. The molecule has 0 aromatic heterocycles. The van der Waals surface area contributed by atoms with E-state index in [9.17, 15) is 9.90 Å². The number of nitrogens with zero attached hydrogens (tertiary/aromatic N) is 1. The predicted molar refractivity (Wildman–Crippen MR) is 82.2 cm³/mol. The molecule has 2 atom stereocenters. The minimum atomic E-state index is -0.531. The van der Waals surface area contributed by atoms with Gasteiger partial charge in [-0.1, -0.05) is 12.1 Å². The molecule has 5 heteroatoms. The van der Waals surface area contributed by atoms with Crippen molar-refractivity contribution in [1.82, 2.24) is 10.2 Å². The fourth-order valence-corrected chi connectivity index (χ4v) is 3.34. The molecule has 0 radical (unpaired) electrons. The van der Waals surface area contributed by atoms with Gasteiger partial charge in [-0.2, -0.15) is 0 Å². The lowest BCUT2D eigenvalue weighted by molar-refractivity contribution is 0.0777. The van der Waals surface area contributed by atoms with E-state index in [4.69, 9.17) is 0 Å². The van der Waals surface area contributed by atoms with Gasteiger partial charge in [0, 0.05) is 18.3 Å². The largest absolute Gasteiger partial charge is 0.389 e. The van der Waals surface area contributed by atoms with Crippen molar-refractivity contribution >= 4 is 11.7 Å². The molecule has 2 unspecified atom stereocenters. The fourth-order valence-electron chi connectivity index (χ4n) is 3.34. The number of carbonyl (C=O) groups is 1. The number of hydrogen-bond acceptors (Lipinski definition) is 3. The van der Waals surface area contributed by atoms with E-state index in [0.717, 1.165) is 12.1 Å². The van der Waals surface area contributed by atoms with Crippen molar-refractivity contribution < 1.29 is 9.90 Å². The fraction of sp³-hybridized carbons (Fsp3) is 0.562. The third-order valence-electron chi connectivity index (χ3n) is 4.60. The maximum Gasteiger partial charge on any atom is 0.319 e. The van der Waals surface area contributed by atoms with Gasteiger partial charge in [-0.25, -0.2) is 4.79 Å². The van der Waals surface area contributed by atoms with Crippen LogP contribution in [0.2, 0.25) is 0 Å². The number of piperidine rings is 3. The Labute approximate surface area is 125 Å². The molecule has 21 heavy (non-hydrogen) atoms. The highest BCUT2D eigenvalue weighted by Gasteiger charge is 2.34. The molecule has 1 aromatic carbocycles. The Balaban J connectivity index is 1.58. The van der Waals surface area contributed by atoms with E-state index < -0.39 is 6.10 Å². The second-order valence-electron chi connectivity index (χ2n) is 6.14. The number of benzene rings is 1. The van der Waals surface area contributed by atoms with Gasteiger partial charge in [0.2, 0.25) is 0 Å². The Hall–Kier alpha value is -1.59. The van der Waals surface area contributed by atoms with Crippen molar-refractivity contribution in [1.29, 1.82) is 0 Å². The molecule has 3 aliphatic heterocycles. The summed E-state index contributed by atoms with van der Waals surface area (Å²) in [6.45, 7) is 5.01. The Morgan fingerprint density at radius 3 is 2.76 bits per heavy atom. The summed E-state index contributed by atoms with van der Waals surface area (Å²) in [5.41, 5.74) is 1.52. The van der Waals surface area contributed by atoms with Gasteiger partial charge in [-0.05, 0) is 56.5 Å². The molecule has 0 spiro atoms. The number of aliphatic hydroxyl groups is 1. The van der Waals surface area contributed by atoms with Gasteiger partial charge in [-0.15, -0.1) is 0 Å². The van der Waals surface area contributed by atoms with Crippen LogP contribution >= 0.6 is 0 Å². The van der Waals surface area contributed by atoms with Crippen LogP contribution in [-0.4, -0.2) is 41.7 Å². The summed E-state index contributed by atoms with van der Waals surface area (Å²) in [7, 11) is 0. The van der Waals surface area contributed by atoms with Gasteiger partial charge in [0.25, 0.3) is 0 Å². The molecule has 1 aromatic rings. The molecule has 114 valence electrons. The van der Waals surface area contributed by atoms with Crippen LogP contribution in [0.1, 0.15) is 31.4 Å². The van der Waals surface area contributed by atoms with Crippen molar-refractivity contribution in [3.8, 4) is 0 Å². The Bertz CT molecular complexity index is 510. The Morgan fingerprint density at radius 2 is 2.14 bits per heavy atom. The zero-order valence-corrected chi connectivity index (χ0v) is 12.4. The van der Waals surface area contributed by atoms with E-state index in [0.29, 0.717) is 11.6 Å². The molecule has 5 nitrogen and oxygen atoms in total. The number of urea groups is 1. The smallest absolute Gasteiger partial charge is 0.319 e. The first-order valence-electron chi connectivity index (χ1n) is 7.70. The first-order chi connectivity index (χ1) is 10.1. The molecule has 3 saturated heterocycles. The molecule has 3 fully saturated rings. The lowest BCUT2D eigenvalue weighted by Gasteiger charge is -2.44. The van der Waals surface area contributed by atoms with Crippen LogP contribution < -0.4 is 10.6 Å². The van der Waals surface area contributed by atoms with Crippen molar-refractivity contribution in [3.63, 3.8) is 0 Å². The number of aliphatic hydroxyl groups excluding tert-OH is 1. The van der Waals surface area contributed by atoms with Crippen LogP contribution in [0, 0.1) is 5.92 Å². The number of fused-ring (bicyclic) bond motifs is 3. The maximum absolute atomic E-state index is 12.1. The van der Waals surface area contributed by atoms with Crippen LogP contribution in [-0.2, 0) is 0 Å². The summed E-state index contributed by atoms with van der Waals surface area (Å²) in [5.74, 6) is 0.615. The maximum atomic E-state index is 12.1. The van der Waals surface area contributed by atoms with E-state index in [-0.39, 0.29) is 12.1 Å². The van der Waals surface area contributed by atoms with Crippen LogP contribution in [0.15, 0.2) is 24.3 Å². The topological polar surface area (TPSA) is 64.6 Å². The lowest BCUT2D eigenvalue weighted by Crippen LogP contribution is -2.57. The van der Waals surface area contributed by atoms with Gasteiger partial charge in [0.05, 0.1) is 6.10 Å². The van der Waals surface area contributed by atoms with Crippen molar-refractivity contribution in [2.75, 3.05) is 25.0 Å². The molecular weight excluding hydrogens is 266 g/mol. The summed E-state index contributed by atoms with van der Waals surface area (Å²) in [6, 6.07) is 7.43. The highest BCUT2D eigenvalue weighted by atomic mass is 16.3. The number of nitrogens with one attached hydrogen (secondary N) is 2. The lowest BCUT2D eigenvalue weighted by atomic mass is 9.84. The van der Waals surface area contributed by atoms with Gasteiger partial charge in [0.15, 0.2) is 0 Å². The normalized spacial score (nSPS) is 29.0. The SMILES string of the molecule is CC(O)c1cccc(NC(=O)NC2CN3CCC2CC3)c1. The molecule has 3 heterocycles. The molecule has 2 amide bonds. The average molecular weight is 289 g/mol. The predicted octanol–water partition coefficient (Wildman–Crippen LogP) is 1.96. The third kappa shape index (κ3) is 3.36. The monoisotopic (exact) mass is 289 g/mol. The van der Waals surface area contributed by atoms with Gasteiger partial charge in [-0.3, -0.25) is 0 Å². The number of amides is 2. The van der Waals surface area contributed by atoms with Crippen LogP contribution in [0.25, 0.3) is 0 Å². The number of carbonyl (C=O) groups excluding carboxylic acids is 1. The Morgan fingerprint density at radius 1 is 1.38 bits per heavy atom. The van der Waals surface area contributed by atoms with E-state index in [1.807, 2.05) is 18.2 Å². The van der Waals surface area contributed by atoms with Gasteiger partial charge in [0.1, 0.15) is 0 Å². The molecular formula is C16H23N3O2. The summed E-state index contributed by atoms with van der Waals surface area (Å²) in [4.78, 5) is 14.6. The Kier molecular flexibility index (Phi) is 4.12. The minimum Gasteiger partial charge on any atom is -0.389 e. The van der Waals surface area contributed by atoms with Crippen LogP contribution in [0.4, 0.5) is 10.5 Å². The first kappa shape index (κ1) is 14.4. The number of anilines is 1. The summed E-state index contributed by atoms with van der Waals surface area (Å²) in [5, 5.41) is 15.5. The van der Waals surface area contributed by atoms with Crippen LogP contribution in [0.5, 0.6) is 0 Å². The summed E-state index contributed by atoms with van der Waals surface area (Å²) in [6.07, 6.45) is 1.84. The van der Waals surface area contributed by atoms with E-state index in [1.165, 1.54) is 25.9 Å². The van der Waals surface area contributed by atoms with Gasteiger partial charge < -0.3 is 20.6 Å². The molecule has 2 bridgehead atoms. The molecule has 3 N–H and O–H groups in total. The van der Waals surface area contributed by atoms with Crippen LogP contribution in [0.3, 0.4) is 0 Å². The average Bonchev–Trinajstić information content (AvgIpc) is 2.48. The second kappa shape index (κ2) is 6.03. The zero-order chi connectivity index (χ0) is 14.8. The van der Waals surface area contributed by atoms with E-state index in [2.05, 4.69) is 15.5 Å². The number of rotatable bonds is 3. The third-order valence-corrected chi connectivity index (χ3v) is 4.60. The van der Waals surface area contributed by atoms with Gasteiger partial charge >= 0.3 is 6.03 Å². The molecule has 3 aliphatic rings. The first-order valence-corrected chi connectivity index (χ1v) is 7.70. The number of hydrogen-bond donors (Lipinski definition) is 3. The summed E-state index contributed by atoms with van der Waals surface area (Å²) >= 11 is 0. The minimum absolute atomic E-state index is 0.156. The quantitative estimate of drug-likeness (QED) is 0.797. The van der Waals surface area contributed by atoms with E-state index >= 15 is 0 Å². The highest BCUT2D eigenvalue weighted by Crippen LogP contribution is 2.27. The van der Waals surface area contributed by atoms with Crippen molar-refractivity contribution in [3.05, 3.63) is 29.8 Å². The highest BCUT2D eigenvalue weighted by molar-refractivity contribution is 5.89. The van der Waals surface area contributed by atoms with Crippen molar-refractivity contribution in [2.45, 2.75) is 31.9 Å². The standard InChI is InChI=1S/C16H23N3O2/c1-11(20)13-3-2-4-14(9-13)17-16(21)18-15-10-19-7-5-12(15)6-8-19/h2-4,9,11-12,15,20H,5-8,10H2,1H3,(H2,17,18,21). The second-order valence-corrected chi connectivity index (χ2v) is 6.14. The zero-order valence-electron chi connectivity index (χ0n) is 12.4. The van der Waals surface area contributed by atoms with E-state index in [1.54, 1.807) is 13.0 Å². The summed E-state index contributed by atoms with van der Waals surface area (Å²) < 4.78 is 0. The molecule has 0 saturated carbocycles.